The zero-order chi connectivity index (χ0) is 11.5. The van der Waals surface area contributed by atoms with E-state index >= 15 is 0 Å². The molecule has 2 nitrogen and oxygen atoms in total. The van der Waals surface area contributed by atoms with Crippen molar-refractivity contribution in [2.24, 2.45) is 0 Å². The van der Waals surface area contributed by atoms with Crippen LogP contribution in [-0.2, 0) is 0 Å². The van der Waals surface area contributed by atoms with E-state index in [1.54, 1.807) is 6.07 Å². The van der Waals surface area contributed by atoms with Crippen LogP contribution >= 0.6 is 15.9 Å². The number of hydrogen-bond donors (Lipinski definition) is 2. The highest BCUT2D eigenvalue weighted by atomic mass is 79.9. The fourth-order valence-corrected chi connectivity index (χ4v) is 1.71. The number of nitrogen functional groups attached to an aromatic ring is 1. The van der Waals surface area contributed by atoms with Crippen LogP contribution in [0.25, 0.3) is 0 Å². The van der Waals surface area contributed by atoms with Crippen molar-refractivity contribution in [1.29, 1.82) is 0 Å². The SMILES string of the molecule is Nc1cc(Br)c(F)cc1Nc1ccccc1. The molecule has 0 atom stereocenters. The van der Waals surface area contributed by atoms with Gasteiger partial charge in [-0.3, -0.25) is 0 Å². The van der Waals surface area contributed by atoms with Gasteiger partial charge in [0.2, 0.25) is 0 Å². The van der Waals surface area contributed by atoms with E-state index in [0.29, 0.717) is 15.8 Å². The van der Waals surface area contributed by atoms with Crippen LogP contribution in [0.4, 0.5) is 21.5 Å². The summed E-state index contributed by atoms with van der Waals surface area (Å²) in [6, 6.07) is 12.4. The van der Waals surface area contributed by atoms with E-state index in [0.717, 1.165) is 5.69 Å². The summed E-state index contributed by atoms with van der Waals surface area (Å²) < 4.78 is 13.7. The normalized spacial score (nSPS) is 10.1. The topological polar surface area (TPSA) is 38.0 Å². The van der Waals surface area contributed by atoms with Gasteiger partial charge in [-0.05, 0) is 34.1 Å². The van der Waals surface area contributed by atoms with E-state index in [9.17, 15) is 4.39 Å². The third-order valence-electron chi connectivity index (χ3n) is 2.15. The van der Waals surface area contributed by atoms with E-state index in [2.05, 4.69) is 21.2 Å². The smallest absolute Gasteiger partial charge is 0.139 e. The van der Waals surface area contributed by atoms with Crippen molar-refractivity contribution in [3.63, 3.8) is 0 Å². The van der Waals surface area contributed by atoms with Crippen molar-refractivity contribution in [2.45, 2.75) is 0 Å². The summed E-state index contributed by atoms with van der Waals surface area (Å²) in [7, 11) is 0. The van der Waals surface area contributed by atoms with Crippen molar-refractivity contribution >= 4 is 33.0 Å². The summed E-state index contributed by atoms with van der Waals surface area (Å²) in [4.78, 5) is 0. The molecule has 0 aromatic heterocycles. The fraction of sp³-hybridized carbons (Fsp3) is 0. The van der Waals surface area contributed by atoms with Gasteiger partial charge in [-0.2, -0.15) is 0 Å². The molecule has 0 aliphatic rings. The predicted octanol–water partition coefficient (Wildman–Crippen LogP) is 3.91. The summed E-state index contributed by atoms with van der Waals surface area (Å²) in [5.41, 5.74) is 7.71. The van der Waals surface area contributed by atoms with Crippen molar-refractivity contribution in [3.8, 4) is 0 Å². The van der Waals surface area contributed by atoms with Gasteiger partial charge in [-0.25, -0.2) is 4.39 Å². The minimum atomic E-state index is -0.340. The number of anilines is 3. The monoisotopic (exact) mass is 280 g/mol. The number of rotatable bonds is 2. The summed E-state index contributed by atoms with van der Waals surface area (Å²) in [6.45, 7) is 0. The fourth-order valence-electron chi connectivity index (χ4n) is 1.35. The second-order valence-electron chi connectivity index (χ2n) is 3.34. The van der Waals surface area contributed by atoms with Crippen LogP contribution in [0.2, 0.25) is 0 Å². The van der Waals surface area contributed by atoms with Crippen LogP contribution in [0.5, 0.6) is 0 Å². The summed E-state index contributed by atoms with van der Waals surface area (Å²) >= 11 is 3.08. The molecule has 0 fully saturated rings. The molecule has 4 heteroatoms. The molecule has 3 N–H and O–H groups in total. The molecule has 0 saturated heterocycles. The van der Waals surface area contributed by atoms with E-state index in [1.165, 1.54) is 6.07 Å². The van der Waals surface area contributed by atoms with E-state index in [4.69, 9.17) is 5.73 Å². The Hall–Kier alpha value is -1.55. The number of halogens is 2. The Kier molecular flexibility index (Phi) is 3.10. The minimum absolute atomic E-state index is 0.340. The molecule has 82 valence electrons. The van der Waals surface area contributed by atoms with Gasteiger partial charge in [-0.15, -0.1) is 0 Å². The van der Waals surface area contributed by atoms with Crippen molar-refractivity contribution in [2.75, 3.05) is 11.1 Å². The largest absolute Gasteiger partial charge is 0.397 e. The summed E-state index contributed by atoms with van der Waals surface area (Å²) in [5.74, 6) is -0.340. The molecule has 0 unspecified atom stereocenters. The van der Waals surface area contributed by atoms with Crippen molar-refractivity contribution in [1.82, 2.24) is 0 Å². The van der Waals surface area contributed by atoms with Gasteiger partial charge in [0.25, 0.3) is 0 Å². The second kappa shape index (κ2) is 4.53. The first-order chi connectivity index (χ1) is 7.66. The van der Waals surface area contributed by atoms with Crippen LogP contribution in [0.15, 0.2) is 46.9 Å². The van der Waals surface area contributed by atoms with Gasteiger partial charge >= 0.3 is 0 Å². The first-order valence-corrected chi connectivity index (χ1v) is 5.53. The zero-order valence-electron chi connectivity index (χ0n) is 8.37. The quantitative estimate of drug-likeness (QED) is 0.819. The number of benzene rings is 2. The van der Waals surface area contributed by atoms with Gasteiger partial charge < -0.3 is 11.1 Å². The minimum Gasteiger partial charge on any atom is -0.397 e. The van der Waals surface area contributed by atoms with Gasteiger partial charge in [0, 0.05) is 11.8 Å². The molecule has 0 spiro atoms. The lowest BCUT2D eigenvalue weighted by Gasteiger charge is -2.10. The number of nitrogens with two attached hydrogens (primary N) is 1. The van der Waals surface area contributed by atoms with E-state index < -0.39 is 0 Å². The Labute approximate surface area is 101 Å². The van der Waals surface area contributed by atoms with Crippen LogP contribution in [-0.4, -0.2) is 0 Å². The predicted molar refractivity (Wildman–Crippen MR) is 68.2 cm³/mol. The van der Waals surface area contributed by atoms with Crippen LogP contribution in [0, 0.1) is 5.82 Å². The maximum absolute atomic E-state index is 13.3. The lowest BCUT2D eigenvalue weighted by Crippen LogP contribution is -1.97. The molecule has 0 aliphatic heterocycles. The Morgan fingerprint density at radius 1 is 1.12 bits per heavy atom. The molecule has 0 heterocycles. The Bertz CT molecular complexity index is 500. The summed E-state index contributed by atoms with van der Waals surface area (Å²) in [6.07, 6.45) is 0. The van der Waals surface area contributed by atoms with Gasteiger partial charge in [0.05, 0.1) is 15.8 Å². The average molecular weight is 281 g/mol. The van der Waals surface area contributed by atoms with E-state index in [-0.39, 0.29) is 5.82 Å². The Balaban J connectivity index is 2.32. The summed E-state index contributed by atoms with van der Waals surface area (Å²) in [5, 5.41) is 3.05. The van der Waals surface area contributed by atoms with Crippen LogP contribution in [0.1, 0.15) is 0 Å². The van der Waals surface area contributed by atoms with Crippen molar-refractivity contribution in [3.05, 3.63) is 52.8 Å². The molecule has 0 bridgehead atoms. The molecule has 2 aromatic carbocycles. The van der Waals surface area contributed by atoms with Crippen LogP contribution < -0.4 is 11.1 Å². The highest BCUT2D eigenvalue weighted by Crippen LogP contribution is 2.28. The zero-order valence-corrected chi connectivity index (χ0v) is 9.96. The van der Waals surface area contributed by atoms with E-state index in [1.807, 2.05) is 30.3 Å². The van der Waals surface area contributed by atoms with Gasteiger partial charge in [0.15, 0.2) is 0 Å². The third-order valence-corrected chi connectivity index (χ3v) is 2.75. The molecule has 0 amide bonds. The molecule has 2 rings (SSSR count). The van der Waals surface area contributed by atoms with Crippen molar-refractivity contribution < 1.29 is 4.39 Å². The first kappa shape index (κ1) is 11.0. The highest BCUT2D eigenvalue weighted by molar-refractivity contribution is 9.10. The van der Waals surface area contributed by atoms with Gasteiger partial charge in [0.1, 0.15) is 5.82 Å². The molecule has 2 aromatic rings. The Morgan fingerprint density at radius 3 is 2.50 bits per heavy atom. The van der Waals surface area contributed by atoms with Crippen LogP contribution in [0.3, 0.4) is 0 Å². The first-order valence-electron chi connectivity index (χ1n) is 4.73. The third kappa shape index (κ3) is 2.33. The van der Waals surface area contributed by atoms with Gasteiger partial charge in [-0.1, -0.05) is 18.2 Å². The number of para-hydroxylation sites is 1. The molecule has 0 saturated carbocycles. The molecule has 0 aliphatic carbocycles. The standard InChI is InChI=1S/C12H10BrFN2/c13-9-6-11(15)12(7-10(9)14)16-8-4-2-1-3-5-8/h1-7,16H,15H2. The maximum Gasteiger partial charge on any atom is 0.139 e. The maximum atomic E-state index is 13.3. The second-order valence-corrected chi connectivity index (χ2v) is 4.20. The number of hydrogen-bond acceptors (Lipinski definition) is 2. The average Bonchev–Trinajstić information content (AvgIpc) is 2.27. The highest BCUT2D eigenvalue weighted by Gasteiger charge is 2.05. The molecular weight excluding hydrogens is 271 g/mol. The number of nitrogens with one attached hydrogen (secondary N) is 1. The molecule has 0 radical (unpaired) electrons. The Morgan fingerprint density at radius 2 is 1.81 bits per heavy atom. The molecule has 16 heavy (non-hydrogen) atoms. The lowest BCUT2D eigenvalue weighted by atomic mass is 10.2. The lowest BCUT2D eigenvalue weighted by molar-refractivity contribution is 0.622. The molecular formula is C12H10BrFN2.